The van der Waals surface area contributed by atoms with Gasteiger partial charge in [0, 0.05) is 41.8 Å². The summed E-state index contributed by atoms with van der Waals surface area (Å²) in [5.41, 5.74) is 7.32. The number of halogens is 4. The predicted octanol–water partition coefficient (Wildman–Crippen LogP) is 5.26. The molecule has 2 aromatic heterocycles. The second-order valence-electron chi connectivity index (χ2n) is 8.74. The fourth-order valence-electron chi connectivity index (χ4n) is 4.74. The van der Waals surface area contributed by atoms with Gasteiger partial charge in [-0.2, -0.15) is 13.9 Å². The number of likely N-dealkylation sites (tertiary alicyclic amines) is 1. The van der Waals surface area contributed by atoms with Crippen molar-refractivity contribution in [2.75, 3.05) is 19.7 Å². The van der Waals surface area contributed by atoms with Crippen molar-refractivity contribution >= 4 is 40.4 Å². The van der Waals surface area contributed by atoms with Crippen LogP contribution in [0.5, 0.6) is 0 Å². The van der Waals surface area contributed by atoms with E-state index in [1.165, 1.54) is 17.4 Å². The molecule has 34 heavy (non-hydrogen) atoms. The Kier molecular flexibility index (Phi) is 5.97. The van der Waals surface area contributed by atoms with E-state index in [1.54, 1.807) is 22.9 Å². The molecule has 180 valence electrons. The number of thiophene rings is 1. The highest BCUT2D eigenvalue weighted by Gasteiger charge is 2.51. The second-order valence-corrected chi connectivity index (χ2v) is 10.8. The number of nitrogens with zero attached hydrogens (tertiary/aromatic N) is 3. The van der Waals surface area contributed by atoms with Crippen molar-refractivity contribution in [3.05, 3.63) is 67.1 Å². The minimum atomic E-state index is -3.02. The molecule has 0 unspecified atom stereocenters. The summed E-state index contributed by atoms with van der Waals surface area (Å²) < 4.78 is 36.5. The van der Waals surface area contributed by atoms with Crippen molar-refractivity contribution in [1.29, 1.82) is 0 Å². The number of ether oxygens (including phenoxy) is 1. The van der Waals surface area contributed by atoms with Gasteiger partial charge in [0.2, 0.25) is 0 Å². The van der Waals surface area contributed by atoms with Gasteiger partial charge in [0.25, 0.3) is 11.8 Å². The number of aryl methyl sites for hydroxylation is 1. The van der Waals surface area contributed by atoms with E-state index in [4.69, 9.17) is 33.7 Å². The SMILES string of the molecule is Cc1nn(-c2c(Cl)cccc2C(N)=O)cc1CN1CCC2(CC1)OCC(F)(F)c1cc(Cl)sc12. The van der Waals surface area contributed by atoms with Gasteiger partial charge < -0.3 is 10.5 Å². The molecule has 11 heteroatoms. The molecular weight excluding hydrogens is 505 g/mol. The maximum absolute atomic E-state index is 14.4. The van der Waals surface area contributed by atoms with Crippen LogP contribution in [-0.4, -0.2) is 40.3 Å². The van der Waals surface area contributed by atoms with Gasteiger partial charge in [0.1, 0.15) is 12.2 Å². The second kappa shape index (κ2) is 8.57. The van der Waals surface area contributed by atoms with Crippen LogP contribution in [0, 0.1) is 6.92 Å². The van der Waals surface area contributed by atoms with Crippen LogP contribution in [0.15, 0.2) is 30.5 Å². The van der Waals surface area contributed by atoms with Crippen LogP contribution in [0.4, 0.5) is 8.78 Å². The van der Waals surface area contributed by atoms with Crippen LogP contribution in [0.1, 0.15) is 44.9 Å². The maximum atomic E-state index is 14.4. The van der Waals surface area contributed by atoms with Crippen molar-refractivity contribution in [3.8, 4) is 5.69 Å². The third-order valence-corrected chi connectivity index (χ3v) is 8.33. The molecule has 0 bridgehead atoms. The Labute approximate surface area is 209 Å². The Balaban J connectivity index is 1.34. The Bertz CT molecular complexity index is 1270. The van der Waals surface area contributed by atoms with Crippen LogP contribution in [-0.2, 0) is 22.8 Å². The fraction of sp³-hybridized carbons (Fsp3) is 0.391. The van der Waals surface area contributed by atoms with Gasteiger partial charge >= 0.3 is 0 Å². The highest BCUT2D eigenvalue weighted by atomic mass is 35.5. The van der Waals surface area contributed by atoms with Crippen LogP contribution >= 0.6 is 34.5 Å². The molecule has 6 nitrogen and oxygen atoms in total. The molecule has 0 saturated carbocycles. The summed E-state index contributed by atoms with van der Waals surface area (Å²) in [5.74, 6) is -3.60. The molecule has 1 saturated heterocycles. The number of amides is 1. The average Bonchev–Trinajstić information content (AvgIpc) is 3.36. The van der Waals surface area contributed by atoms with E-state index in [9.17, 15) is 13.6 Å². The molecule has 2 aliphatic rings. The van der Waals surface area contributed by atoms with Crippen LogP contribution < -0.4 is 5.73 Å². The topological polar surface area (TPSA) is 73.4 Å². The van der Waals surface area contributed by atoms with Crippen molar-refractivity contribution in [2.45, 2.75) is 37.8 Å². The molecule has 2 aliphatic heterocycles. The van der Waals surface area contributed by atoms with Crippen molar-refractivity contribution in [1.82, 2.24) is 14.7 Å². The number of primary amides is 1. The Morgan fingerprint density at radius 3 is 2.74 bits per heavy atom. The summed E-state index contributed by atoms with van der Waals surface area (Å²) >= 11 is 13.6. The van der Waals surface area contributed by atoms with Crippen molar-refractivity contribution in [2.24, 2.45) is 5.73 Å². The Hall–Kier alpha value is -2.04. The lowest BCUT2D eigenvalue weighted by Crippen LogP contribution is -2.48. The molecule has 1 fully saturated rings. The number of benzene rings is 1. The summed E-state index contributed by atoms with van der Waals surface area (Å²) in [7, 11) is 0. The van der Waals surface area contributed by atoms with Crippen LogP contribution in [0.3, 0.4) is 0 Å². The molecule has 5 rings (SSSR count). The lowest BCUT2D eigenvalue weighted by molar-refractivity contribution is -0.182. The highest BCUT2D eigenvalue weighted by Crippen LogP contribution is 2.52. The maximum Gasteiger partial charge on any atom is 0.297 e. The molecule has 0 aliphatic carbocycles. The third-order valence-electron chi connectivity index (χ3n) is 6.58. The van der Waals surface area contributed by atoms with Crippen LogP contribution in [0.2, 0.25) is 9.36 Å². The smallest absolute Gasteiger partial charge is 0.297 e. The summed E-state index contributed by atoms with van der Waals surface area (Å²) in [6.45, 7) is 3.23. The summed E-state index contributed by atoms with van der Waals surface area (Å²) in [4.78, 5) is 14.7. The number of hydrogen-bond donors (Lipinski definition) is 1. The van der Waals surface area contributed by atoms with Gasteiger partial charge in [0.05, 0.1) is 26.3 Å². The number of alkyl halides is 2. The van der Waals surface area contributed by atoms with E-state index < -0.39 is 24.0 Å². The number of nitrogens with two attached hydrogens (primary N) is 1. The first-order chi connectivity index (χ1) is 16.1. The quantitative estimate of drug-likeness (QED) is 0.503. The van der Waals surface area contributed by atoms with E-state index in [-0.39, 0.29) is 11.1 Å². The number of carbonyl (C=O) groups excluding carboxylic acids is 1. The van der Waals surface area contributed by atoms with Crippen molar-refractivity contribution < 1.29 is 18.3 Å². The van der Waals surface area contributed by atoms with Gasteiger partial charge in [-0.15, -0.1) is 11.3 Å². The highest BCUT2D eigenvalue weighted by molar-refractivity contribution is 7.16. The summed E-state index contributed by atoms with van der Waals surface area (Å²) in [5, 5.41) is 4.94. The molecule has 0 atom stereocenters. The number of carbonyl (C=O) groups is 1. The zero-order valence-corrected chi connectivity index (χ0v) is 20.6. The van der Waals surface area contributed by atoms with E-state index in [0.29, 0.717) is 52.4 Å². The number of fused-ring (bicyclic) bond motifs is 2. The lowest BCUT2D eigenvalue weighted by atomic mass is 9.84. The summed E-state index contributed by atoms with van der Waals surface area (Å²) in [6, 6.07) is 6.35. The average molecular weight is 527 g/mol. The van der Waals surface area contributed by atoms with Gasteiger partial charge in [-0.1, -0.05) is 29.3 Å². The van der Waals surface area contributed by atoms with E-state index >= 15 is 0 Å². The van der Waals surface area contributed by atoms with Gasteiger partial charge in [-0.3, -0.25) is 9.69 Å². The van der Waals surface area contributed by atoms with Gasteiger partial charge in [0.15, 0.2) is 0 Å². The van der Waals surface area contributed by atoms with E-state index in [1.807, 2.05) is 13.1 Å². The predicted molar refractivity (Wildman–Crippen MR) is 127 cm³/mol. The van der Waals surface area contributed by atoms with Gasteiger partial charge in [-0.05, 0) is 38.0 Å². The molecule has 1 spiro atoms. The Morgan fingerprint density at radius 1 is 1.29 bits per heavy atom. The van der Waals surface area contributed by atoms with E-state index in [2.05, 4.69) is 10.00 Å². The van der Waals surface area contributed by atoms with E-state index in [0.717, 1.165) is 11.3 Å². The zero-order chi connectivity index (χ0) is 24.3. The fourth-order valence-corrected chi connectivity index (χ4v) is 6.48. The normalized spacial score (nSPS) is 19.3. The number of piperidine rings is 1. The molecule has 1 amide bonds. The number of para-hydroxylation sites is 1. The minimum Gasteiger partial charge on any atom is -0.366 e. The minimum absolute atomic E-state index is 0.00400. The molecule has 1 aromatic carbocycles. The number of rotatable bonds is 4. The molecule has 3 aromatic rings. The first kappa shape index (κ1) is 23.7. The van der Waals surface area contributed by atoms with Crippen molar-refractivity contribution in [3.63, 3.8) is 0 Å². The van der Waals surface area contributed by atoms with Crippen LogP contribution in [0.25, 0.3) is 5.69 Å². The zero-order valence-electron chi connectivity index (χ0n) is 18.3. The molecule has 4 heterocycles. The first-order valence-corrected chi connectivity index (χ1v) is 12.4. The number of hydrogen-bond acceptors (Lipinski definition) is 5. The Morgan fingerprint density at radius 2 is 2.03 bits per heavy atom. The monoisotopic (exact) mass is 526 g/mol. The third kappa shape index (κ3) is 4.03. The number of aromatic nitrogens is 2. The molecular formula is C23H22Cl2F2N4O2S. The summed E-state index contributed by atoms with van der Waals surface area (Å²) in [6.07, 6.45) is 3.04. The molecule has 2 N–H and O–H groups in total. The lowest BCUT2D eigenvalue weighted by Gasteiger charge is -2.45. The largest absolute Gasteiger partial charge is 0.366 e. The first-order valence-electron chi connectivity index (χ1n) is 10.8. The van der Waals surface area contributed by atoms with Gasteiger partial charge in [-0.25, -0.2) is 4.68 Å². The standard InChI is InChI=1S/C23H22Cl2F2N4O2S/c1-13-14(11-31(29-13)19-15(21(28)32)3-2-4-17(19)24)10-30-7-5-22(6-8-30)20-16(9-18(25)34-20)23(26,27)12-33-22/h2-4,9,11H,5-8,10,12H2,1H3,(H2,28,32). The molecule has 0 radical (unpaired) electrons.